The highest BCUT2D eigenvalue weighted by atomic mass is 16.5. The standard InChI is InChI=1S/C16H23N3O2/c1-16(2,9-10-17)8-7-14-18-15(19-21-14)12-5-4-6-13(11-12)20-3/h4-6,11H,7-10,17H2,1-3H3. The first kappa shape index (κ1) is 15.5. The van der Waals surface area contributed by atoms with Crippen LogP contribution in [0.15, 0.2) is 28.8 Å². The molecule has 21 heavy (non-hydrogen) atoms. The van der Waals surface area contributed by atoms with Crippen LogP contribution in [0, 0.1) is 5.41 Å². The van der Waals surface area contributed by atoms with Crippen LogP contribution >= 0.6 is 0 Å². The van der Waals surface area contributed by atoms with E-state index < -0.39 is 0 Å². The van der Waals surface area contributed by atoms with E-state index in [1.54, 1.807) is 7.11 Å². The molecule has 0 aliphatic rings. The van der Waals surface area contributed by atoms with Gasteiger partial charge in [-0.05, 0) is 36.9 Å². The zero-order valence-corrected chi connectivity index (χ0v) is 12.9. The number of hydrogen-bond donors (Lipinski definition) is 1. The van der Waals surface area contributed by atoms with Gasteiger partial charge in [-0.15, -0.1) is 0 Å². The van der Waals surface area contributed by atoms with Gasteiger partial charge in [0.1, 0.15) is 5.75 Å². The topological polar surface area (TPSA) is 74.2 Å². The third-order valence-corrected chi connectivity index (χ3v) is 3.63. The Morgan fingerprint density at radius 3 is 2.81 bits per heavy atom. The first-order valence-electron chi connectivity index (χ1n) is 7.21. The van der Waals surface area contributed by atoms with Crippen molar-refractivity contribution in [2.24, 2.45) is 11.1 Å². The SMILES string of the molecule is COc1cccc(-c2noc(CCC(C)(C)CCN)n2)c1. The molecule has 1 aromatic carbocycles. The number of rotatable bonds is 7. The summed E-state index contributed by atoms with van der Waals surface area (Å²) in [6, 6.07) is 7.64. The van der Waals surface area contributed by atoms with Crippen molar-refractivity contribution in [2.45, 2.75) is 33.1 Å². The molecule has 1 heterocycles. The minimum atomic E-state index is 0.194. The third kappa shape index (κ3) is 4.29. The number of hydrogen-bond acceptors (Lipinski definition) is 5. The zero-order valence-electron chi connectivity index (χ0n) is 12.9. The van der Waals surface area contributed by atoms with Crippen LogP contribution in [0.3, 0.4) is 0 Å². The molecule has 1 aromatic heterocycles. The molecular formula is C16H23N3O2. The molecule has 2 aromatic rings. The van der Waals surface area contributed by atoms with Gasteiger partial charge in [0.15, 0.2) is 0 Å². The summed E-state index contributed by atoms with van der Waals surface area (Å²) in [6.45, 7) is 5.12. The smallest absolute Gasteiger partial charge is 0.226 e. The van der Waals surface area contributed by atoms with Crippen molar-refractivity contribution in [1.82, 2.24) is 10.1 Å². The maximum atomic E-state index is 5.63. The second kappa shape index (κ2) is 6.72. The van der Waals surface area contributed by atoms with Gasteiger partial charge in [-0.1, -0.05) is 31.1 Å². The van der Waals surface area contributed by atoms with Crippen LogP contribution in [0.5, 0.6) is 5.75 Å². The molecule has 5 nitrogen and oxygen atoms in total. The van der Waals surface area contributed by atoms with E-state index in [2.05, 4.69) is 24.0 Å². The Bertz CT molecular complexity index is 578. The molecule has 0 spiro atoms. The average Bonchev–Trinajstić information content (AvgIpc) is 2.94. The van der Waals surface area contributed by atoms with E-state index in [1.165, 1.54) is 0 Å². The maximum absolute atomic E-state index is 5.63. The van der Waals surface area contributed by atoms with E-state index >= 15 is 0 Å². The van der Waals surface area contributed by atoms with Gasteiger partial charge >= 0.3 is 0 Å². The molecule has 0 saturated carbocycles. The number of aromatic nitrogens is 2. The van der Waals surface area contributed by atoms with Gasteiger partial charge in [0.25, 0.3) is 0 Å². The summed E-state index contributed by atoms with van der Waals surface area (Å²) in [5.74, 6) is 2.04. The van der Waals surface area contributed by atoms with Crippen molar-refractivity contribution in [3.8, 4) is 17.1 Å². The van der Waals surface area contributed by atoms with E-state index in [4.69, 9.17) is 15.0 Å². The Balaban J connectivity index is 2.04. The fourth-order valence-corrected chi connectivity index (χ4v) is 2.20. The summed E-state index contributed by atoms with van der Waals surface area (Å²) < 4.78 is 10.5. The zero-order chi connectivity index (χ0) is 15.3. The lowest BCUT2D eigenvalue weighted by Crippen LogP contribution is -2.17. The lowest BCUT2D eigenvalue weighted by Gasteiger charge is -2.22. The van der Waals surface area contributed by atoms with Crippen LogP contribution in [0.25, 0.3) is 11.4 Å². The van der Waals surface area contributed by atoms with Crippen LogP contribution in [-0.4, -0.2) is 23.8 Å². The van der Waals surface area contributed by atoms with Crippen molar-refractivity contribution in [3.05, 3.63) is 30.2 Å². The number of ether oxygens (including phenoxy) is 1. The van der Waals surface area contributed by atoms with E-state index in [0.717, 1.165) is 30.6 Å². The molecule has 5 heteroatoms. The van der Waals surface area contributed by atoms with Gasteiger partial charge in [-0.25, -0.2) is 0 Å². The van der Waals surface area contributed by atoms with E-state index in [-0.39, 0.29) is 5.41 Å². The van der Waals surface area contributed by atoms with E-state index in [9.17, 15) is 0 Å². The van der Waals surface area contributed by atoms with Gasteiger partial charge in [0.2, 0.25) is 11.7 Å². The fourth-order valence-electron chi connectivity index (χ4n) is 2.20. The summed E-state index contributed by atoms with van der Waals surface area (Å²) in [5, 5.41) is 4.04. The molecule has 2 N–H and O–H groups in total. The average molecular weight is 289 g/mol. The molecule has 0 fully saturated rings. The lowest BCUT2D eigenvalue weighted by molar-refractivity contribution is 0.289. The third-order valence-electron chi connectivity index (χ3n) is 3.63. The van der Waals surface area contributed by atoms with Crippen molar-refractivity contribution in [3.63, 3.8) is 0 Å². The summed E-state index contributed by atoms with van der Waals surface area (Å²) in [6.07, 6.45) is 2.73. The van der Waals surface area contributed by atoms with E-state index in [0.29, 0.717) is 18.3 Å². The van der Waals surface area contributed by atoms with Crippen molar-refractivity contribution >= 4 is 0 Å². The Labute approximate surface area is 125 Å². The number of nitrogens with zero attached hydrogens (tertiary/aromatic N) is 2. The van der Waals surface area contributed by atoms with Crippen LogP contribution in [0.1, 0.15) is 32.6 Å². The molecule has 0 saturated heterocycles. The predicted octanol–water partition coefficient (Wildman–Crippen LogP) is 3.05. The van der Waals surface area contributed by atoms with Gasteiger partial charge < -0.3 is 15.0 Å². The first-order valence-corrected chi connectivity index (χ1v) is 7.21. The number of aryl methyl sites for hydroxylation is 1. The number of benzene rings is 1. The molecular weight excluding hydrogens is 266 g/mol. The number of methoxy groups -OCH3 is 1. The van der Waals surface area contributed by atoms with Gasteiger partial charge in [-0.2, -0.15) is 4.98 Å². The highest BCUT2D eigenvalue weighted by molar-refractivity contribution is 5.56. The molecule has 0 radical (unpaired) electrons. The van der Waals surface area contributed by atoms with E-state index in [1.807, 2.05) is 24.3 Å². The highest BCUT2D eigenvalue weighted by Gasteiger charge is 2.18. The second-order valence-corrected chi connectivity index (χ2v) is 5.95. The minimum absolute atomic E-state index is 0.194. The maximum Gasteiger partial charge on any atom is 0.226 e. The number of nitrogens with two attached hydrogens (primary N) is 1. The first-order chi connectivity index (χ1) is 10.0. The summed E-state index contributed by atoms with van der Waals surface area (Å²) >= 11 is 0. The lowest BCUT2D eigenvalue weighted by atomic mass is 9.84. The van der Waals surface area contributed by atoms with Crippen LogP contribution < -0.4 is 10.5 Å². The van der Waals surface area contributed by atoms with Gasteiger partial charge in [0, 0.05) is 12.0 Å². The van der Waals surface area contributed by atoms with Gasteiger partial charge in [-0.3, -0.25) is 0 Å². The molecule has 0 bridgehead atoms. The molecule has 0 aliphatic carbocycles. The largest absolute Gasteiger partial charge is 0.497 e. The second-order valence-electron chi connectivity index (χ2n) is 5.95. The normalized spacial score (nSPS) is 11.6. The molecule has 114 valence electrons. The fraction of sp³-hybridized carbons (Fsp3) is 0.500. The Kier molecular flexibility index (Phi) is 4.96. The quantitative estimate of drug-likeness (QED) is 0.848. The predicted molar refractivity (Wildman–Crippen MR) is 82.1 cm³/mol. The summed E-state index contributed by atoms with van der Waals surface area (Å²) in [4.78, 5) is 4.45. The monoisotopic (exact) mass is 289 g/mol. The Morgan fingerprint density at radius 2 is 2.10 bits per heavy atom. The van der Waals surface area contributed by atoms with Crippen LogP contribution in [-0.2, 0) is 6.42 Å². The Hall–Kier alpha value is -1.88. The highest BCUT2D eigenvalue weighted by Crippen LogP contribution is 2.27. The molecule has 0 aliphatic heterocycles. The molecule has 0 atom stereocenters. The molecule has 0 unspecified atom stereocenters. The summed E-state index contributed by atoms with van der Waals surface area (Å²) in [5.41, 5.74) is 6.72. The van der Waals surface area contributed by atoms with Crippen LogP contribution in [0.4, 0.5) is 0 Å². The summed E-state index contributed by atoms with van der Waals surface area (Å²) in [7, 11) is 1.64. The van der Waals surface area contributed by atoms with Crippen molar-refractivity contribution < 1.29 is 9.26 Å². The Morgan fingerprint density at radius 1 is 1.29 bits per heavy atom. The molecule has 0 amide bonds. The van der Waals surface area contributed by atoms with Crippen LogP contribution in [0.2, 0.25) is 0 Å². The van der Waals surface area contributed by atoms with Gasteiger partial charge in [0.05, 0.1) is 7.11 Å². The minimum Gasteiger partial charge on any atom is -0.497 e. The van der Waals surface area contributed by atoms with Crippen molar-refractivity contribution in [2.75, 3.05) is 13.7 Å². The van der Waals surface area contributed by atoms with Crippen molar-refractivity contribution in [1.29, 1.82) is 0 Å². The molecule has 2 rings (SSSR count).